The molecular weight excluding hydrogens is 509 g/mol. The molecule has 1 fully saturated rings. The van der Waals surface area contributed by atoms with Crippen molar-refractivity contribution in [1.29, 1.82) is 0 Å². The fourth-order valence-corrected chi connectivity index (χ4v) is 5.17. The number of carbonyl (C=O) groups excluding carboxylic acids is 1. The van der Waals surface area contributed by atoms with Gasteiger partial charge in [0.05, 0.1) is 5.92 Å². The van der Waals surface area contributed by atoms with E-state index < -0.39 is 23.7 Å². The van der Waals surface area contributed by atoms with Gasteiger partial charge in [0.15, 0.2) is 11.6 Å². The van der Waals surface area contributed by atoms with Gasteiger partial charge >= 0.3 is 5.97 Å². The van der Waals surface area contributed by atoms with Crippen LogP contribution in [-0.4, -0.2) is 59.7 Å². The van der Waals surface area contributed by atoms with Gasteiger partial charge in [-0.2, -0.15) is 4.39 Å². The van der Waals surface area contributed by atoms with Crippen LogP contribution in [0.3, 0.4) is 0 Å². The number of aryl methyl sites for hydroxylation is 1. The van der Waals surface area contributed by atoms with Gasteiger partial charge in [-0.25, -0.2) is 14.8 Å². The second kappa shape index (κ2) is 13.4. The average Bonchev–Trinajstić information content (AvgIpc) is 2.96. The first kappa shape index (κ1) is 29.0. The highest BCUT2D eigenvalue weighted by Gasteiger charge is 2.31. The number of amides is 1. The van der Waals surface area contributed by atoms with Crippen LogP contribution in [0.1, 0.15) is 43.7 Å². The zero-order valence-electron chi connectivity index (χ0n) is 23.4. The number of carboxylic acid groups (broad SMARTS) is 1. The molecule has 0 aliphatic carbocycles. The summed E-state index contributed by atoms with van der Waals surface area (Å²) in [7, 11) is 1.81. The predicted octanol–water partition coefficient (Wildman–Crippen LogP) is 4.86. The summed E-state index contributed by atoms with van der Waals surface area (Å²) in [6.45, 7) is 5.63. The van der Waals surface area contributed by atoms with Gasteiger partial charge in [-0.3, -0.25) is 4.79 Å². The number of hydrogen-bond acceptors (Lipinski definition) is 6. The summed E-state index contributed by atoms with van der Waals surface area (Å²) in [5.41, 5.74) is 4.16. The van der Waals surface area contributed by atoms with E-state index in [9.17, 15) is 14.7 Å². The van der Waals surface area contributed by atoms with Gasteiger partial charge in [-0.15, -0.1) is 0 Å². The maximum absolute atomic E-state index is 15.4. The summed E-state index contributed by atoms with van der Waals surface area (Å²) in [4.78, 5) is 37.1. The van der Waals surface area contributed by atoms with Crippen LogP contribution in [-0.2, 0) is 16.0 Å². The summed E-state index contributed by atoms with van der Waals surface area (Å²) >= 11 is 0. The van der Waals surface area contributed by atoms with Crippen molar-refractivity contribution in [2.24, 2.45) is 5.92 Å². The molecule has 3 aromatic rings. The lowest BCUT2D eigenvalue weighted by Gasteiger charge is -2.34. The molecule has 1 aliphatic heterocycles. The van der Waals surface area contributed by atoms with E-state index in [4.69, 9.17) is 0 Å². The molecule has 0 bridgehead atoms. The van der Waals surface area contributed by atoms with Crippen LogP contribution in [0.5, 0.6) is 0 Å². The van der Waals surface area contributed by atoms with E-state index in [2.05, 4.69) is 41.3 Å². The molecule has 4 rings (SSSR count). The number of aromatic nitrogens is 2. The predicted molar refractivity (Wildman–Crippen MR) is 155 cm³/mol. The number of rotatable bonds is 11. The molecule has 212 valence electrons. The smallest absolute Gasteiger partial charge is 0.326 e. The molecule has 0 radical (unpaired) electrons. The van der Waals surface area contributed by atoms with Gasteiger partial charge < -0.3 is 20.2 Å². The van der Waals surface area contributed by atoms with E-state index in [1.54, 1.807) is 16.8 Å². The van der Waals surface area contributed by atoms with Crippen molar-refractivity contribution < 1.29 is 19.1 Å². The SMILES string of the molecule is CCCCN(C)c1ncnc(N2CCCC(C(=O)N[C@@H](Cc3ccc(-c4ccccc4C)cc3)C(=O)O)C2)c1F. The fourth-order valence-electron chi connectivity index (χ4n) is 5.17. The molecule has 40 heavy (non-hydrogen) atoms. The first-order valence-electron chi connectivity index (χ1n) is 13.9. The summed E-state index contributed by atoms with van der Waals surface area (Å²) in [5, 5.41) is 12.6. The Morgan fingerprint density at radius 3 is 2.62 bits per heavy atom. The quantitative estimate of drug-likeness (QED) is 0.354. The topological polar surface area (TPSA) is 98.7 Å². The van der Waals surface area contributed by atoms with Crippen molar-refractivity contribution in [3.05, 3.63) is 71.8 Å². The number of anilines is 2. The van der Waals surface area contributed by atoms with Crippen LogP contribution in [0, 0.1) is 18.7 Å². The summed E-state index contributed by atoms with van der Waals surface area (Å²) in [6, 6.07) is 14.8. The van der Waals surface area contributed by atoms with Crippen LogP contribution >= 0.6 is 0 Å². The van der Waals surface area contributed by atoms with E-state index in [1.165, 1.54) is 6.33 Å². The Bertz CT molecular complexity index is 1320. The lowest BCUT2D eigenvalue weighted by molar-refractivity contribution is -0.142. The van der Waals surface area contributed by atoms with Gasteiger partial charge in [-0.05, 0) is 48.4 Å². The second-order valence-electron chi connectivity index (χ2n) is 10.5. The van der Waals surface area contributed by atoms with Crippen molar-refractivity contribution in [2.75, 3.05) is 36.5 Å². The van der Waals surface area contributed by atoms with Crippen LogP contribution in [0.2, 0.25) is 0 Å². The Kier molecular flexibility index (Phi) is 9.69. The number of aliphatic carboxylic acids is 1. The van der Waals surface area contributed by atoms with Crippen LogP contribution in [0.15, 0.2) is 54.9 Å². The Balaban J connectivity index is 1.41. The monoisotopic (exact) mass is 547 g/mol. The molecule has 1 saturated heterocycles. The van der Waals surface area contributed by atoms with Crippen molar-refractivity contribution >= 4 is 23.5 Å². The molecule has 9 heteroatoms. The number of nitrogens with zero attached hydrogens (tertiary/aromatic N) is 4. The van der Waals surface area contributed by atoms with Crippen molar-refractivity contribution in [1.82, 2.24) is 15.3 Å². The number of benzene rings is 2. The standard InChI is InChI=1S/C31H38FN5O3/c1-4-5-16-36(3)28-27(32)29(34-20-33-28)37-17-8-10-24(19-37)30(38)35-26(31(39)40)18-22-12-14-23(15-13-22)25-11-7-6-9-21(25)2/h6-7,9,11-15,20,24,26H,4-5,8,10,16-19H2,1-3H3,(H,35,38)(H,39,40)/t24?,26-/m0/s1. The normalized spacial score (nSPS) is 15.9. The molecule has 0 saturated carbocycles. The zero-order chi connectivity index (χ0) is 28.6. The van der Waals surface area contributed by atoms with E-state index in [1.807, 2.05) is 36.4 Å². The summed E-state index contributed by atoms with van der Waals surface area (Å²) in [5.74, 6) is -2.00. The average molecular weight is 548 g/mol. The van der Waals surface area contributed by atoms with Crippen molar-refractivity contribution in [3.63, 3.8) is 0 Å². The highest BCUT2D eigenvalue weighted by atomic mass is 19.1. The molecular formula is C31H38FN5O3. The van der Waals surface area contributed by atoms with E-state index in [0.717, 1.165) is 35.1 Å². The first-order chi connectivity index (χ1) is 19.3. The molecule has 0 spiro atoms. The molecule has 2 N–H and O–H groups in total. The fraction of sp³-hybridized carbons (Fsp3) is 0.419. The molecule has 2 aromatic carbocycles. The number of carboxylic acids is 1. The number of carbonyl (C=O) groups is 2. The highest BCUT2D eigenvalue weighted by molar-refractivity contribution is 5.85. The first-order valence-corrected chi connectivity index (χ1v) is 13.9. The van der Waals surface area contributed by atoms with Gasteiger partial charge in [0, 0.05) is 33.1 Å². The second-order valence-corrected chi connectivity index (χ2v) is 10.5. The van der Waals surface area contributed by atoms with E-state index in [0.29, 0.717) is 25.9 Å². The number of nitrogens with one attached hydrogen (secondary N) is 1. The number of hydrogen-bond donors (Lipinski definition) is 2. The molecule has 1 unspecified atom stereocenters. The lowest BCUT2D eigenvalue weighted by atomic mass is 9.95. The van der Waals surface area contributed by atoms with E-state index in [-0.39, 0.29) is 30.5 Å². The van der Waals surface area contributed by atoms with Gasteiger partial charge in [-0.1, -0.05) is 61.9 Å². The van der Waals surface area contributed by atoms with Crippen molar-refractivity contribution in [2.45, 2.75) is 52.0 Å². The summed E-state index contributed by atoms with van der Waals surface area (Å²) in [6.07, 6.45) is 4.69. The molecule has 2 atom stereocenters. The Morgan fingerprint density at radius 1 is 1.18 bits per heavy atom. The number of piperidine rings is 1. The van der Waals surface area contributed by atoms with Crippen LogP contribution < -0.4 is 15.1 Å². The minimum atomic E-state index is -1.09. The molecule has 8 nitrogen and oxygen atoms in total. The third-order valence-corrected chi connectivity index (χ3v) is 7.52. The van der Waals surface area contributed by atoms with Crippen molar-refractivity contribution in [3.8, 4) is 11.1 Å². The molecule has 2 heterocycles. The van der Waals surface area contributed by atoms with E-state index >= 15 is 4.39 Å². The zero-order valence-corrected chi connectivity index (χ0v) is 23.4. The van der Waals surface area contributed by atoms with Crippen LogP contribution in [0.25, 0.3) is 11.1 Å². The minimum Gasteiger partial charge on any atom is -0.480 e. The third-order valence-electron chi connectivity index (χ3n) is 7.52. The molecule has 1 amide bonds. The van der Waals surface area contributed by atoms with Crippen LogP contribution in [0.4, 0.5) is 16.0 Å². The third kappa shape index (κ3) is 6.94. The maximum Gasteiger partial charge on any atom is 0.326 e. The van der Waals surface area contributed by atoms with Gasteiger partial charge in [0.1, 0.15) is 12.4 Å². The Labute approximate surface area is 235 Å². The Morgan fingerprint density at radius 2 is 1.93 bits per heavy atom. The largest absolute Gasteiger partial charge is 0.480 e. The minimum absolute atomic E-state index is 0.166. The number of halogens is 1. The van der Waals surface area contributed by atoms with Gasteiger partial charge in [0.25, 0.3) is 0 Å². The molecule has 1 aromatic heterocycles. The number of unbranched alkanes of at least 4 members (excludes halogenated alkanes) is 1. The molecule has 1 aliphatic rings. The summed E-state index contributed by atoms with van der Waals surface area (Å²) < 4.78 is 15.4. The lowest BCUT2D eigenvalue weighted by Crippen LogP contribution is -2.49. The Hall–Kier alpha value is -4.01. The highest BCUT2D eigenvalue weighted by Crippen LogP contribution is 2.28. The van der Waals surface area contributed by atoms with Gasteiger partial charge in [0.2, 0.25) is 11.7 Å². The maximum atomic E-state index is 15.4.